The van der Waals surface area contributed by atoms with Crippen molar-refractivity contribution in [2.45, 2.75) is 36.0 Å². The molecular formula is C18H5F14NO2. The molecule has 1 aromatic carbocycles. The molecule has 0 N–H and O–H groups in total. The number of halogens is 14. The van der Waals surface area contributed by atoms with Crippen LogP contribution in [0.25, 0.3) is 22.6 Å². The normalized spacial score (nSPS) is 14.7. The van der Waals surface area contributed by atoms with E-state index in [0.717, 1.165) is 24.3 Å². The summed E-state index contributed by atoms with van der Waals surface area (Å²) in [7, 11) is 0. The summed E-state index contributed by atoms with van der Waals surface area (Å²) >= 11 is 0. The average Bonchev–Trinajstić information content (AvgIpc) is 2.69. The summed E-state index contributed by atoms with van der Waals surface area (Å²) in [6, 6.07) is 3.44. The van der Waals surface area contributed by atoms with Gasteiger partial charge in [-0.15, -0.1) is 0 Å². The first-order valence-electron chi connectivity index (χ1n) is 8.61. The van der Waals surface area contributed by atoms with E-state index in [4.69, 9.17) is 0 Å². The van der Waals surface area contributed by atoms with E-state index in [1.165, 1.54) is 0 Å². The van der Waals surface area contributed by atoms with Gasteiger partial charge in [0.1, 0.15) is 16.8 Å². The van der Waals surface area contributed by atoms with Crippen LogP contribution in [-0.2, 0) is 11.8 Å². The van der Waals surface area contributed by atoms with Gasteiger partial charge in [0.05, 0.1) is 5.56 Å². The lowest BCUT2D eigenvalue weighted by atomic mass is 9.90. The van der Waals surface area contributed by atoms with E-state index < -0.39 is 81.2 Å². The second kappa shape index (κ2) is 7.43. The minimum Gasteiger partial charge on any atom is -0.452 e. The van der Waals surface area contributed by atoms with Crippen LogP contribution in [0.4, 0.5) is 61.5 Å². The Labute approximate surface area is 182 Å². The van der Waals surface area contributed by atoms with Gasteiger partial charge in [0.25, 0.3) is 0 Å². The third-order valence-electron chi connectivity index (χ3n) is 4.68. The van der Waals surface area contributed by atoms with Crippen LogP contribution in [0, 0.1) is 0 Å². The molecule has 192 valence electrons. The number of fused-ring (bicyclic) bond motifs is 2. The van der Waals surface area contributed by atoms with Gasteiger partial charge in [-0.2, -0.15) is 61.5 Å². The molecule has 0 amide bonds. The fourth-order valence-corrected chi connectivity index (χ4v) is 2.90. The highest BCUT2D eigenvalue weighted by Crippen LogP contribution is 2.55. The zero-order valence-electron chi connectivity index (χ0n) is 15.9. The molecule has 3 rings (SSSR count). The van der Waals surface area contributed by atoms with Crippen LogP contribution in [0.2, 0.25) is 0 Å². The minimum atomic E-state index is -7.20. The van der Waals surface area contributed by atoms with E-state index in [1.807, 2.05) is 0 Å². The molecule has 3 nitrogen and oxygen atoms in total. The van der Waals surface area contributed by atoms with Gasteiger partial charge in [-0.25, -0.2) is 4.98 Å². The van der Waals surface area contributed by atoms with Crippen LogP contribution < -0.4 is 5.43 Å². The molecule has 1 aliphatic carbocycles. The number of rotatable bonds is 4. The zero-order valence-corrected chi connectivity index (χ0v) is 15.9. The molecule has 0 radical (unpaired) electrons. The average molecular weight is 533 g/mol. The van der Waals surface area contributed by atoms with E-state index in [2.05, 4.69) is 9.40 Å². The van der Waals surface area contributed by atoms with Crippen molar-refractivity contribution in [2.24, 2.45) is 0 Å². The second-order valence-corrected chi connectivity index (χ2v) is 6.95. The number of benzene rings is 2. The van der Waals surface area contributed by atoms with Gasteiger partial charge < -0.3 is 4.42 Å². The fourth-order valence-electron chi connectivity index (χ4n) is 2.90. The molecule has 0 fully saturated rings. The van der Waals surface area contributed by atoms with Gasteiger partial charge in [0.2, 0.25) is 5.43 Å². The van der Waals surface area contributed by atoms with Crippen molar-refractivity contribution in [2.75, 3.05) is 0 Å². The third-order valence-corrected chi connectivity index (χ3v) is 4.68. The quantitative estimate of drug-likeness (QED) is 0.272. The molecule has 1 heterocycles. The SMILES string of the molecule is O=c1c(C(F)(F)C(F)(F)C(F)(F)F)cc2nc3ccccc3oc-2c1C(F)(F)C(F)(F)C(F)(F)F. The van der Waals surface area contributed by atoms with E-state index >= 15 is 0 Å². The molecule has 0 saturated heterocycles. The number of para-hydroxylation sites is 2. The van der Waals surface area contributed by atoms with E-state index in [1.54, 1.807) is 0 Å². The number of aromatic nitrogens is 1. The van der Waals surface area contributed by atoms with Crippen LogP contribution >= 0.6 is 0 Å². The Kier molecular flexibility index (Phi) is 5.62. The number of hydrogen-bond donors (Lipinski definition) is 0. The molecule has 0 atom stereocenters. The fraction of sp³-hybridized carbons (Fsp3) is 0.333. The highest BCUT2D eigenvalue weighted by molar-refractivity contribution is 5.77. The molecule has 17 heteroatoms. The monoisotopic (exact) mass is 533 g/mol. The number of nitrogens with zero attached hydrogens (tertiary/aromatic N) is 1. The van der Waals surface area contributed by atoms with Crippen molar-refractivity contribution in [1.29, 1.82) is 0 Å². The summed E-state index contributed by atoms with van der Waals surface area (Å²) in [5.41, 5.74) is -12.6. The lowest BCUT2D eigenvalue weighted by molar-refractivity contribution is -0.361. The van der Waals surface area contributed by atoms with Gasteiger partial charge in [0.15, 0.2) is 11.3 Å². The van der Waals surface area contributed by atoms with Crippen molar-refractivity contribution in [1.82, 2.24) is 4.98 Å². The summed E-state index contributed by atoms with van der Waals surface area (Å²) in [6.45, 7) is 0. The third kappa shape index (κ3) is 3.65. The molecule has 2 aliphatic rings. The van der Waals surface area contributed by atoms with E-state index in [-0.39, 0.29) is 0 Å². The maximum atomic E-state index is 14.5. The first kappa shape index (κ1) is 26.5. The smallest absolute Gasteiger partial charge is 0.452 e. The second-order valence-electron chi connectivity index (χ2n) is 6.95. The molecule has 1 aliphatic heterocycles. The predicted octanol–water partition coefficient (Wildman–Crippen LogP) is 6.87. The van der Waals surface area contributed by atoms with Gasteiger partial charge >= 0.3 is 36.0 Å². The molecule has 0 bridgehead atoms. The van der Waals surface area contributed by atoms with Crippen molar-refractivity contribution >= 4 is 11.1 Å². The Morgan fingerprint density at radius 3 is 1.69 bits per heavy atom. The van der Waals surface area contributed by atoms with Crippen molar-refractivity contribution in [3.8, 4) is 11.5 Å². The first-order valence-corrected chi connectivity index (χ1v) is 8.61. The van der Waals surface area contributed by atoms with E-state index in [9.17, 15) is 66.3 Å². The van der Waals surface area contributed by atoms with Gasteiger partial charge in [-0.3, -0.25) is 4.79 Å². The highest BCUT2D eigenvalue weighted by atomic mass is 19.4. The van der Waals surface area contributed by atoms with Crippen LogP contribution in [0.1, 0.15) is 11.1 Å². The molecule has 0 saturated carbocycles. The Hall–Kier alpha value is -3.14. The highest BCUT2D eigenvalue weighted by Gasteiger charge is 2.77. The Bertz CT molecular complexity index is 1310. The molecule has 1 aromatic rings. The van der Waals surface area contributed by atoms with E-state index in [0.29, 0.717) is 0 Å². The summed E-state index contributed by atoms with van der Waals surface area (Å²) in [5, 5.41) is 0. The standard InChI is InChI=1S/C18H5F14NO2/c19-13(20,15(23,24)17(27,28)29)6-5-8-12(35-9-4-2-1-3-7(9)33-8)10(11(6)34)14(21,22)16(25,26)18(30,31)32/h1-5H. The molecular weight excluding hydrogens is 528 g/mol. The van der Waals surface area contributed by atoms with Crippen molar-refractivity contribution < 1.29 is 65.9 Å². The molecule has 0 spiro atoms. The maximum Gasteiger partial charge on any atom is 0.460 e. The van der Waals surface area contributed by atoms with Crippen LogP contribution in [0.15, 0.2) is 39.5 Å². The number of alkyl halides is 14. The molecule has 0 aromatic heterocycles. The molecule has 0 unspecified atom stereocenters. The lowest BCUT2D eigenvalue weighted by Gasteiger charge is -2.31. The predicted molar refractivity (Wildman–Crippen MR) is 86.7 cm³/mol. The Morgan fingerprint density at radius 1 is 0.686 bits per heavy atom. The van der Waals surface area contributed by atoms with Gasteiger partial charge in [-0.1, -0.05) is 12.1 Å². The van der Waals surface area contributed by atoms with Crippen LogP contribution in [0.5, 0.6) is 0 Å². The lowest BCUT2D eigenvalue weighted by Crippen LogP contribution is -2.54. The Balaban J connectivity index is 2.55. The van der Waals surface area contributed by atoms with Crippen LogP contribution in [0.3, 0.4) is 0 Å². The summed E-state index contributed by atoms with van der Waals surface area (Å²) in [5.74, 6) is -29.8. The number of hydrogen-bond acceptors (Lipinski definition) is 3. The topological polar surface area (TPSA) is 43.1 Å². The van der Waals surface area contributed by atoms with Gasteiger partial charge in [0, 0.05) is 0 Å². The van der Waals surface area contributed by atoms with Crippen molar-refractivity contribution in [3.63, 3.8) is 0 Å². The first-order chi connectivity index (χ1) is 15.6. The Morgan fingerprint density at radius 2 is 1.17 bits per heavy atom. The van der Waals surface area contributed by atoms with Crippen LogP contribution in [-0.4, -0.2) is 29.2 Å². The maximum absolute atomic E-state index is 14.5. The summed E-state index contributed by atoms with van der Waals surface area (Å²) < 4.78 is 192. The van der Waals surface area contributed by atoms with Gasteiger partial charge in [-0.05, 0) is 18.2 Å². The molecule has 35 heavy (non-hydrogen) atoms. The zero-order chi connectivity index (χ0) is 27.0. The van der Waals surface area contributed by atoms with Crippen molar-refractivity contribution in [3.05, 3.63) is 51.7 Å². The largest absolute Gasteiger partial charge is 0.460 e. The minimum absolute atomic E-state index is 0.507. The summed E-state index contributed by atoms with van der Waals surface area (Å²) in [6.07, 6.45) is -14.3. The summed E-state index contributed by atoms with van der Waals surface area (Å²) in [4.78, 5) is 15.6.